The summed E-state index contributed by atoms with van der Waals surface area (Å²) >= 11 is 7.62. The lowest BCUT2D eigenvalue weighted by Gasteiger charge is -2.04. The van der Waals surface area contributed by atoms with E-state index < -0.39 is 0 Å². The Balaban J connectivity index is 1.56. The van der Waals surface area contributed by atoms with Gasteiger partial charge in [-0.25, -0.2) is 0 Å². The van der Waals surface area contributed by atoms with Gasteiger partial charge in [0.25, 0.3) is 0 Å². The van der Waals surface area contributed by atoms with Gasteiger partial charge in [-0.3, -0.25) is 4.79 Å². The molecule has 22 heavy (non-hydrogen) atoms. The molecule has 3 aromatic rings. The summed E-state index contributed by atoms with van der Waals surface area (Å²) in [7, 11) is 0. The highest BCUT2D eigenvalue weighted by atomic mass is 35.5. The Morgan fingerprint density at radius 1 is 1.27 bits per heavy atom. The van der Waals surface area contributed by atoms with Gasteiger partial charge in [-0.1, -0.05) is 41.0 Å². The van der Waals surface area contributed by atoms with Crippen molar-refractivity contribution >= 4 is 28.8 Å². The summed E-state index contributed by atoms with van der Waals surface area (Å²) in [6.07, 6.45) is 0.245. The van der Waals surface area contributed by atoms with Gasteiger partial charge in [-0.05, 0) is 23.1 Å². The van der Waals surface area contributed by atoms with Crippen molar-refractivity contribution in [1.82, 2.24) is 10.5 Å². The molecule has 3 rings (SSSR count). The van der Waals surface area contributed by atoms with Crippen LogP contribution in [0.4, 0.5) is 0 Å². The first-order valence-electron chi connectivity index (χ1n) is 6.72. The highest BCUT2D eigenvalue weighted by Crippen LogP contribution is 2.25. The molecule has 0 bridgehead atoms. The van der Waals surface area contributed by atoms with E-state index in [4.69, 9.17) is 16.1 Å². The molecule has 0 atom stereocenters. The molecule has 4 nitrogen and oxygen atoms in total. The van der Waals surface area contributed by atoms with Crippen molar-refractivity contribution in [2.75, 3.05) is 0 Å². The van der Waals surface area contributed by atoms with Crippen molar-refractivity contribution in [3.8, 4) is 10.6 Å². The van der Waals surface area contributed by atoms with Gasteiger partial charge in [0.15, 0.2) is 5.76 Å². The molecule has 1 N–H and O–H groups in total. The fraction of sp³-hybridized carbons (Fsp3) is 0.125. The quantitative estimate of drug-likeness (QED) is 0.770. The van der Waals surface area contributed by atoms with Gasteiger partial charge in [-0.2, -0.15) is 0 Å². The predicted molar refractivity (Wildman–Crippen MR) is 86.8 cm³/mol. The Bertz CT molecular complexity index is 768. The summed E-state index contributed by atoms with van der Waals surface area (Å²) in [5.74, 6) is 0.610. The number of hydrogen-bond acceptors (Lipinski definition) is 4. The number of hydrogen-bond donors (Lipinski definition) is 1. The average molecular weight is 333 g/mol. The fourth-order valence-electron chi connectivity index (χ4n) is 2.00. The van der Waals surface area contributed by atoms with Crippen LogP contribution in [0.3, 0.4) is 0 Å². The standard InChI is InChI=1S/C16H13ClN2O2S/c17-13-5-2-1-4-11(13)8-16(20)18-10-12-9-14(21-19-12)15-6-3-7-22-15/h1-7,9H,8,10H2,(H,18,20). The van der Waals surface area contributed by atoms with Crippen molar-refractivity contribution in [1.29, 1.82) is 0 Å². The van der Waals surface area contributed by atoms with Crippen molar-refractivity contribution in [3.05, 3.63) is 64.1 Å². The number of nitrogens with zero attached hydrogens (tertiary/aromatic N) is 1. The van der Waals surface area contributed by atoms with E-state index in [0.717, 1.165) is 10.4 Å². The zero-order valence-electron chi connectivity index (χ0n) is 11.6. The van der Waals surface area contributed by atoms with E-state index in [9.17, 15) is 4.79 Å². The van der Waals surface area contributed by atoms with Crippen LogP contribution in [0.5, 0.6) is 0 Å². The number of rotatable bonds is 5. The number of halogens is 1. The van der Waals surface area contributed by atoms with Crippen LogP contribution in [0.15, 0.2) is 52.4 Å². The van der Waals surface area contributed by atoms with Crippen LogP contribution < -0.4 is 5.32 Å². The van der Waals surface area contributed by atoms with E-state index in [1.54, 1.807) is 17.4 Å². The normalized spacial score (nSPS) is 10.6. The van der Waals surface area contributed by atoms with Gasteiger partial charge in [0.05, 0.1) is 17.8 Å². The second kappa shape index (κ2) is 6.77. The van der Waals surface area contributed by atoms with Crippen LogP contribution in [0.2, 0.25) is 5.02 Å². The van der Waals surface area contributed by atoms with Gasteiger partial charge in [0.1, 0.15) is 5.69 Å². The SMILES string of the molecule is O=C(Cc1ccccc1Cl)NCc1cc(-c2cccs2)on1. The minimum Gasteiger partial charge on any atom is -0.355 e. The summed E-state index contributed by atoms with van der Waals surface area (Å²) < 4.78 is 5.27. The zero-order valence-corrected chi connectivity index (χ0v) is 13.2. The largest absolute Gasteiger partial charge is 0.355 e. The Hall–Kier alpha value is -2.11. The maximum atomic E-state index is 11.9. The van der Waals surface area contributed by atoms with Crippen LogP contribution >= 0.6 is 22.9 Å². The number of aromatic nitrogens is 1. The van der Waals surface area contributed by atoms with Crippen LogP contribution in [0.1, 0.15) is 11.3 Å². The highest BCUT2D eigenvalue weighted by molar-refractivity contribution is 7.13. The number of benzene rings is 1. The molecule has 0 fully saturated rings. The smallest absolute Gasteiger partial charge is 0.224 e. The van der Waals surface area contributed by atoms with E-state index in [1.165, 1.54) is 0 Å². The molecule has 6 heteroatoms. The Morgan fingerprint density at radius 2 is 2.14 bits per heavy atom. The van der Waals surface area contributed by atoms with Crippen molar-refractivity contribution in [2.24, 2.45) is 0 Å². The summed E-state index contributed by atoms with van der Waals surface area (Å²) in [6, 6.07) is 13.1. The average Bonchev–Trinajstić information content (AvgIpc) is 3.18. The summed E-state index contributed by atoms with van der Waals surface area (Å²) in [5.41, 5.74) is 1.50. The lowest BCUT2D eigenvalue weighted by atomic mass is 10.1. The third-order valence-electron chi connectivity index (χ3n) is 3.10. The molecule has 0 unspecified atom stereocenters. The monoisotopic (exact) mass is 332 g/mol. The lowest BCUT2D eigenvalue weighted by Crippen LogP contribution is -2.24. The van der Waals surface area contributed by atoms with Crippen LogP contribution in [0.25, 0.3) is 10.6 Å². The van der Waals surface area contributed by atoms with Crippen LogP contribution in [-0.4, -0.2) is 11.1 Å². The highest BCUT2D eigenvalue weighted by Gasteiger charge is 2.10. The zero-order chi connectivity index (χ0) is 15.4. The molecule has 112 valence electrons. The van der Waals surface area contributed by atoms with Crippen molar-refractivity contribution in [2.45, 2.75) is 13.0 Å². The van der Waals surface area contributed by atoms with Crippen molar-refractivity contribution < 1.29 is 9.32 Å². The van der Waals surface area contributed by atoms with E-state index in [0.29, 0.717) is 23.0 Å². The lowest BCUT2D eigenvalue weighted by molar-refractivity contribution is -0.120. The molecule has 0 saturated carbocycles. The number of carbonyl (C=O) groups is 1. The second-order valence-electron chi connectivity index (χ2n) is 4.70. The first kappa shape index (κ1) is 14.8. The molecule has 2 aromatic heterocycles. The predicted octanol–water partition coefficient (Wildman–Crippen LogP) is 3.92. The van der Waals surface area contributed by atoms with Gasteiger partial charge < -0.3 is 9.84 Å². The molecule has 0 saturated heterocycles. The molecule has 0 aliphatic carbocycles. The molecular formula is C16H13ClN2O2S. The first-order chi connectivity index (χ1) is 10.7. The fourth-order valence-corrected chi connectivity index (χ4v) is 2.87. The molecule has 0 spiro atoms. The molecule has 0 aliphatic heterocycles. The molecule has 2 heterocycles. The van der Waals surface area contributed by atoms with Gasteiger partial charge >= 0.3 is 0 Å². The maximum absolute atomic E-state index is 11.9. The van der Waals surface area contributed by atoms with E-state index >= 15 is 0 Å². The van der Waals surface area contributed by atoms with E-state index in [-0.39, 0.29) is 12.3 Å². The molecule has 0 radical (unpaired) electrons. The van der Waals surface area contributed by atoms with Crippen LogP contribution in [-0.2, 0) is 17.8 Å². The summed E-state index contributed by atoms with van der Waals surface area (Å²) in [4.78, 5) is 13.0. The number of amides is 1. The van der Waals surface area contributed by atoms with E-state index in [1.807, 2.05) is 41.8 Å². The minimum atomic E-state index is -0.103. The number of nitrogens with one attached hydrogen (secondary N) is 1. The Morgan fingerprint density at radius 3 is 2.91 bits per heavy atom. The van der Waals surface area contributed by atoms with Gasteiger partial charge in [0.2, 0.25) is 5.91 Å². The van der Waals surface area contributed by atoms with Crippen LogP contribution in [0, 0.1) is 0 Å². The molecule has 1 aromatic carbocycles. The van der Waals surface area contributed by atoms with Gasteiger partial charge in [0, 0.05) is 11.1 Å². The number of thiophene rings is 1. The molecule has 1 amide bonds. The molecule has 0 aliphatic rings. The van der Waals surface area contributed by atoms with E-state index in [2.05, 4.69) is 10.5 Å². The van der Waals surface area contributed by atoms with Gasteiger partial charge in [-0.15, -0.1) is 11.3 Å². The first-order valence-corrected chi connectivity index (χ1v) is 7.98. The maximum Gasteiger partial charge on any atom is 0.224 e. The summed E-state index contributed by atoms with van der Waals surface area (Å²) in [6.45, 7) is 0.332. The summed E-state index contributed by atoms with van der Waals surface area (Å²) in [5, 5.41) is 9.35. The van der Waals surface area contributed by atoms with Crippen molar-refractivity contribution in [3.63, 3.8) is 0 Å². The third kappa shape index (κ3) is 3.55. The third-order valence-corrected chi connectivity index (χ3v) is 4.35. The minimum absolute atomic E-state index is 0.103. The second-order valence-corrected chi connectivity index (χ2v) is 6.06. The number of carbonyl (C=O) groups excluding carboxylic acids is 1. The molecular weight excluding hydrogens is 320 g/mol. The Kier molecular flexibility index (Phi) is 4.56. The Labute approximate surface area is 136 Å². The topological polar surface area (TPSA) is 55.1 Å².